The fourth-order valence-corrected chi connectivity index (χ4v) is 2.96. The first-order valence-corrected chi connectivity index (χ1v) is 7.45. The molecular formula is C14H26N2S. The van der Waals surface area contributed by atoms with Crippen LogP contribution in [0.2, 0.25) is 0 Å². The van der Waals surface area contributed by atoms with Gasteiger partial charge in [0, 0.05) is 16.3 Å². The van der Waals surface area contributed by atoms with E-state index in [2.05, 4.69) is 38.2 Å². The van der Waals surface area contributed by atoms with Crippen molar-refractivity contribution in [2.75, 3.05) is 13.1 Å². The first-order valence-electron chi connectivity index (χ1n) is 6.64. The molecule has 0 aliphatic heterocycles. The van der Waals surface area contributed by atoms with Gasteiger partial charge in [-0.15, -0.1) is 11.3 Å². The Morgan fingerprint density at radius 2 is 2.00 bits per heavy atom. The van der Waals surface area contributed by atoms with E-state index >= 15 is 0 Å². The van der Waals surface area contributed by atoms with E-state index in [0.717, 1.165) is 32.0 Å². The summed E-state index contributed by atoms with van der Waals surface area (Å²) in [6.45, 7) is 9.53. The summed E-state index contributed by atoms with van der Waals surface area (Å²) >= 11 is 1.91. The van der Waals surface area contributed by atoms with E-state index in [-0.39, 0.29) is 0 Å². The first kappa shape index (κ1) is 14.7. The van der Waals surface area contributed by atoms with Crippen molar-refractivity contribution in [3.8, 4) is 0 Å². The van der Waals surface area contributed by atoms with Gasteiger partial charge in [0.25, 0.3) is 0 Å². The highest BCUT2D eigenvalue weighted by Crippen LogP contribution is 2.17. The number of nitrogens with one attached hydrogen (secondary N) is 1. The second-order valence-corrected chi connectivity index (χ2v) is 6.34. The van der Waals surface area contributed by atoms with Gasteiger partial charge in [-0.25, -0.2) is 0 Å². The van der Waals surface area contributed by atoms with Gasteiger partial charge in [-0.3, -0.25) is 0 Å². The number of hydrogen-bond donors (Lipinski definition) is 2. The van der Waals surface area contributed by atoms with Crippen molar-refractivity contribution in [2.24, 2.45) is 17.6 Å². The van der Waals surface area contributed by atoms with E-state index in [4.69, 9.17) is 5.73 Å². The smallest absolute Gasteiger partial charge is 0.0299 e. The third kappa shape index (κ3) is 5.66. The molecule has 0 fully saturated rings. The van der Waals surface area contributed by atoms with Gasteiger partial charge in [0.05, 0.1) is 0 Å². The molecule has 0 saturated carbocycles. The lowest BCUT2D eigenvalue weighted by molar-refractivity contribution is 0.394. The normalized spacial score (nSPS) is 13.2. The highest BCUT2D eigenvalue weighted by atomic mass is 32.1. The lowest BCUT2D eigenvalue weighted by Gasteiger charge is -2.17. The molecule has 3 heteroatoms. The third-order valence-electron chi connectivity index (χ3n) is 2.94. The minimum atomic E-state index is 0.612. The molecule has 0 aromatic carbocycles. The van der Waals surface area contributed by atoms with Crippen molar-refractivity contribution in [2.45, 2.75) is 40.2 Å². The van der Waals surface area contributed by atoms with E-state index in [9.17, 15) is 0 Å². The monoisotopic (exact) mass is 254 g/mol. The molecular weight excluding hydrogens is 228 g/mol. The Bertz CT molecular complexity index is 307. The van der Waals surface area contributed by atoms with Crippen molar-refractivity contribution in [1.29, 1.82) is 0 Å². The Morgan fingerprint density at radius 3 is 2.53 bits per heavy atom. The molecule has 98 valence electrons. The van der Waals surface area contributed by atoms with E-state index in [0.29, 0.717) is 5.92 Å². The molecule has 1 heterocycles. The predicted molar refractivity (Wildman–Crippen MR) is 77.4 cm³/mol. The quantitative estimate of drug-likeness (QED) is 0.748. The molecule has 0 spiro atoms. The number of thiophene rings is 1. The molecule has 0 radical (unpaired) electrons. The van der Waals surface area contributed by atoms with E-state index in [1.54, 1.807) is 0 Å². The van der Waals surface area contributed by atoms with Gasteiger partial charge in [-0.05, 0) is 49.9 Å². The minimum Gasteiger partial charge on any atom is -0.330 e. The molecule has 1 aromatic rings. The van der Waals surface area contributed by atoms with Gasteiger partial charge >= 0.3 is 0 Å². The van der Waals surface area contributed by atoms with Crippen LogP contribution in [0.25, 0.3) is 0 Å². The zero-order chi connectivity index (χ0) is 12.7. The molecule has 1 unspecified atom stereocenters. The van der Waals surface area contributed by atoms with Crippen LogP contribution < -0.4 is 11.1 Å². The summed E-state index contributed by atoms with van der Waals surface area (Å²) in [4.78, 5) is 2.90. The fraction of sp³-hybridized carbons (Fsp3) is 0.714. The van der Waals surface area contributed by atoms with Crippen LogP contribution in [0.1, 0.15) is 36.9 Å². The van der Waals surface area contributed by atoms with Crippen LogP contribution >= 0.6 is 11.3 Å². The molecule has 0 aliphatic rings. The van der Waals surface area contributed by atoms with Crippen molar-refractivity contribution in [3.63, 3.8) is 0 Å². The Hall–Kier alpha value is -0.380. The number of aryl methyl sites for hydroxylation is 1. The largest absolute Gasteiger partial charge is 0.330 e. The van der Waals surface area contributed by atoms with Gasteiger partial charge in [0.2, 0.25) is 0 Å². The Balaban J connectivity index is 2.25. The fourth-order valence-electron chi connectivity index (χ4n) is 2.04. The van der Waals surface area contributed by atoms with E-state index < -0.39 is 0 Å². The van der Waals surface area contributed by atoms with Gasteiger partial charge < -0.3 is 11.1 Å². The lowest BCUT2D eigenvalue weighted by atomic mass is 9.97. The summed E-state index contributed by atoms with van der Waals surface area (Å²) in [5.41, 5.74) is 5.79. The second kappa shape index (κ2) is 7.85. The molecule has 1 aromatic heterocycles. The van der Waals surface area contributed by atoms with Gasteiger partial charge in [0.1, 0.15) is 0 Å². The standard InChI is InChI=1S/C14H26N2S/c1-4-13-5-6-14(17-13)10-16-9-12(8-15)7-11(2)3/h5-6,11-12,16H,4,7-10,15H2,1-3H3. The van der Waals surface area contributed by atoms with Crippen LogP contribution in [0, 0.1) is 11.8 Å². The predicted octanol–water partition coefficient (Wildman–Crippen LogP) is 3.02. The Kier molecular flexibility index (Phi) is 6.78. The van der Waals surface area contributed by atoms with Gasteiger partial charge in [-0.1, -0.05) is 20.8 Å². The summed E-state index contributed by atoms with van der Waals surface area (Å²) in [5.74, 6) is 1.35. The SMILES string of the molecule is CCc1ccc(CNCC(CN)CC(C)C)s1. The zero-order valence-electron chi connectivity index (χ0n) is 11.3. The summed E-state index contributed by atoms with van der Waals surface area (Å²) in [7, 11) is 0. The van der Waals surface area contributed by atoms with E-state index in [1.165, 1.54) is 16.2 Å². The lowest BCUT2D eigenvalue weighted by Crippen LogP contribution is -2.28. The number of hydrogen-bond acceptors (Lipinski definition) is 3. The van der Waals surface area contributed by atoms with Crippen molar-refractivity contribution >= 4 is 11.3 Å². The maximum Gasteiger partial charge on any atom is 0.0299 e. The molecule has 1 rings (SSSR count). The summed E-state index contributed by atoms with van der Waals surface area (Å²) in [6, 6.07) is 4.46. The molecule has 1 atom stereocenters. The van der Waals surface area contributed by atoms with Crippen molar-refractivity contribution in [3.05, 3.63) is 21.9 Å². The van der Waals surface area contributed by atoms with Gasteiger partial charge in [0.15, 0.2) is 0 Å². The van der Waals surface area contributed by atoms with Crippen molar-refractivity contribution < 1.29 is 0 Å². The van der Waals surface area contributed by atoms with E-state index in [1.807, 2.05) is 11.3 Å². The van der Waals surface area contributed by atoms with Crippen LogP contribution in [0.15, 0.2) is 12.1 Å². The molecule has 3 N–H and O–H groups in total. The van der Waals surface area contributed by atoms with Crippen LogP contribution in [-0.2, 0) is 13.0 Å². The second-order valence-electron chi connectivity index (χ2n) is 5.08. The van der Waals surface area contributed by atoms with Crippen molar-refractivity contribution in [1.82, 2.24) is 5.32 Å². The third-order valence-corrected chi connectivity index (χ3v) is 4.17. The molecule has 0 bridgehead atoms. The Morgan fingerprint density at radius 1 is 1.29 bits per heavy atom. The number of rotatable bonds is 8. The first-order chi connectivity index (χ1) is 8.15. The van der Waals surface area contributed by atoms with Crippen LogP contribution in [0.4, 0.5) is 0 Å². The maximum absolute atomic E-state index is 5.79. The van der Waals surface area contributed by atoms with Crippen LogP contribution in [-0.4, -0.2) is 13.1 Å². The minimum absolute atomic E-state index is 0.612. The molecule has 0 amide bonds. The number of nitrogens with two attached hydrogens (primary N) is 1. The van der Waals surface area contributed by atoms with Crippen LogP contribution in [0.3, 0.4) is 0 Å². The Labute approximate surface area is 110 Å². The molecule has 2 nitrogen and oxygen atoms in total. The molecule has 0 saturated heterocycles. The van der Waals surface area contributed by atoms with Gasteiger partial charge in [-0.2, -0.15) is 0 Å². The molecule has 0 aliphatic carbocycles. The summed E-state index contributed by atoms with van der Waals surface area (Å²) < 4.78 is 0. The highest BCUT2D eigenvalue weighted by molar-refractivity contribution is 7.11. The average Bonchev–Trinajstić information content (AvgIpc) is 2.75. The van der Waals surface area contributed by atoms with Crippen LogP contribution in [0.5, 0.6) is 0 Å². The highest BCUT2D eigenvalue weighted by Gasteiger charge is 2.08. The average molecular weight is 254 g/mol. The summed E-state index contributed by atoms with van der Waals surface area (Å²) in [5, 5.41) is 3.53. The summed E-state index contributed by atoms with van der Waals surface area (Å²) in [6.07, 6.45) is 2.36. The zero-order valence-corrected chi connectivity index (χ0v) is 12.1. The topological polar surface area (TPSA) is 38.0 Å². The molecule has 17 heavy (non-hydrogen) atoms. The maximum atomic E-state index is 5.79.